The van der Waals surface area contributed by atoms with Crippen LogP contribution in [-0.2, 0) is 6.54 Å². The maximum absolute atomic E-state index is 9.08. The van der Waals surface area contributed by atoms with E-state index in [9.17, 15) is 0 Å². The fraction of sp³-hybridized carbons (Fsp3) is 0.227. The van der Waals surface area contributed by atoms with Crippen LogP contribution in [0.2, 0.25) is 0 Å². The number of aryl methyl sites for hydroxylation is 1. The van der Waals surface area contributed by atoms with E-state index in [4.69, 9.17) is 10.2 Å². The van der Waals surface area contributed by atoms with Crippen LogP contribution in [0.1, 0.15) is 30.7 Å². The van der Waals surface area contributed by atoms with Crippen molar-refractivity contribution in [3.05, 3.63) is 77.5 Å². The molecule has 1 aromatic heterocycles. The van der Waals surface area contributed by atoms with Crippen LogP contribution < -0.4 is 10.2 Å². The molecule has 5 heteroatoms. The molecule has 1 N–H and O–H groups in total. The number of rotatable bonds is 6. The highest BCUT2D eigenvalue weighted by molar-refractivity contribution is 5.60. The van der Waals surface area contributed by atoms with E-state index in [1.165, 1.54) is 5.56 Å². The minimum Gasteiger partial charge on any atom is -0.340 e. The van der Waals surface area contributed by atoms with Crippen molar-refractivity contribution >= 4 is 17.5 Å². The maximum atomic E-state index is 9.08. The summed E-state index contributed by atoms with van der Waals surface area (Å²) >= 11 is 0. The lowest BCUT2D eigenvalue weighted by atomic mass is 10.2. The molecule has 0 saturated heterocycles. The standard InChI is InChI=1S/C22H23N5/c1-16(2)27(15-18-8-5-4-6-9-18)22-24-17(3)12-21(26-22)25-20-11-7-10-19(13-20)14-23/h4-13,16H,15H2,1-3H3,(H,24,25,26). The number of anilines is 3. The highest BCUT2D eigenvalue weighted by Gasteiger charge is 2.15. The minimum atomic E-state index is 0.252. The lowest BCUT2D eigenvalue weighted by Crippen LogP contribution is -2.32. The van der Waals surface area contributed by atoms with Gasteiger partial charge in [0, 0.05) is 30.0 Å². The van der Waals surface area contributed by atoms with Crippen LogP contribution in [0.25, 0.3) is 0 Å². The second-order valence-electron chi connectivity index (χ2n) is 6.72. The summed E-state index contributed by atoms with van der Waals surface area (Å²) in [6.07, 6.45) is 0. The zero-order valence-corrected chi connectivity index (χ0v) is 15.8. The Morgan fingerprint density at radius 2 is 1.81 bits per heavy atom. The SMILES string of the molecule is Cc1cc(Nc2cccc(C#N)c2)nc(N(Cc2ccccc2)C(C)C)n1. The molecular weight excluding hydrogens is 334 g/mol. The Morgan fingerprint density at radius 1 is 1.04 bits per heavy atom. The van der Waals surface area contributed by atoms with Crippen LogP contribution in [0.3, 0.4) is 0 Å². The summed E-state index contributed by atoms with van der Waals surface area (Å²) in [4.78, 5) is 11.6. The van der Waals surface area contributed by atoms with Crippen molar-refractivity contribution in [2.24, 2.45) is 0 Å². The van der Waals surface area contributed by atoms with E-state index in [0.717, 1.165) is 17.9 Å². The van der Waals surface area contributed by atoms with Crippen LogP contribution in [0.5, 0.6) is 0 Å². The third-order valence-electron chi connectivity index (χ3n) is 4.18. The third-order valence-corrected chi connectivity index (χ3v) is 4.18. The summed E-state index contributed by atoms with van der Waals surface area (Å²) in [5.41, 5.74) is 3.54. The molecule has 27 heavy (non-hydrogen) atoms. The maximum Gasteiger partial charge on any atom is 0.228 e. The van der Waals surface area contributed by atoms with Gasteiger partial charge < -0.3 is 10.2 Å². The van der Waals surface area contributed by atoms with Gasteiger partial charge in [-0.05, 0) is 44.5 Å². The van der Waals surface area contributed by atoms with E-state index in [2.05, 4.69) is 47.3 Å². The van der Waals surface area contributed by atoms with Gasteiger partial charge in [-0.15, -0.1) is 0 Å². The average molecular weight is 357 g/mol. The van der Waals surface area contributed by atoms with Gasteiger partial charge in [0.05, 0.1) is 11.6 Å². The molecule has 136 valence electrons. The van der Waals surface area contributed by atoms with Gasteiger partial charge in [0.25, 0.3) is 0 Å². The number of benzene rings is 2. The molecule has 0 spiro atoms. The second-order valence-corrected chi connectivity index (χ2v) is 6.72. The van der Waals surface area contributed by atoms with Crippen molar-refractivity contribution < 1.29 is 0 Å². The van der Waals surface area contributed by atoms with Gasteiger partial charge in [-0.1, -0.05) is 36.4 Å². The Hall–Kier alpha value is -3.39. The molecule has 2 aromatic carbocycles. The predicted molar refractivity (Wildman–Crippen MR) is 109 cm³/mol. The van der Waals surface area contributed by atoms with Crippen molar-refractivity contribution in [1.82, 2.24) is 9.97 Å². The molecule has 0 aliphatic carbocycles. The first-order chi connectivity index (χ1) is 13.0. The molecule has 0 unspecified atom stereocenters. The van der Waals surface area contributed by atoms with Crippen LogP contribution in [-0.4, -0.2) is 16.0 Å². The Morgan fingerprint density at radius 3 is 2.52 bits per heavy atom. The first kappa shape index (κ1) is 18.4. The lowest BCUT2D eigenvalue weighted by molar-refractivity contribution is 0.659. The second kappa shape index (κ2) is 8.33. The van der Waals surface area contributed by atoms with Crippen LogP contribution >= 0.6 is 0 Å². The predicted octanol–water partition coefficient (Wildman–Crippen LogP) is 4.82. The molecule has 0 fully saturated rings. The Bertz CT molecular complexity index is 944. The number of hydrogen-bond acceptors (Lipinski definition) is 5. The third kappa shape index (κ3) is 4.83. The molecule has 5 nitrogen and oxygen atoms in total. The topological polar surface area (TPSA) is 64.8 Å². The molecule has 0 aliphatic rings. The van der Waals surface area contributed by atoms with Crippen LogP contribution in [0.4, 0.5) is 17.5 Å². The number of nitriles is 1. The summed E-state index contributed by atoms with van der Waals surface area (Å²) in [5.74, 6) is 1.40. The number of nitrogens with zero attached hydrogens (tertiary/aromatic N) is 4. The fourth-order valence-electron chi connectivity index (χ4n) is 2.82. The summed E-state index contributed by atoms with van der Waals surface area (Å²) in [6.45, 7) is 6.98. The quantitative estimate of drug-likeness (QED) is 0.685. The molecule has 0 aliphatic heterocycles. The van der Waals surface area contributed by atoms with E-state index >= 15 is 0 Å². The number of nitrogens with one attached hydrogen (secondary N) is 1. The lowest BCUT2D eigenvalue weighted by Gasteiger charge is -2.27. The normalized spacial score (nSPS) is 10.5. The first-order valence-corrected chi connectivity index (χ1v) is 8.98. The van der Waals surface area contributed by atoms with E-state index in [-0.39, 0.29) is 6.04 Å². The van der Waals surface area contributed by atoms with E-state index in [1.54, 1.807) is 12.1 Å². The summed E-state index contributed by atoms with van der Waals surface area (Å²) < 4.78 is 0. The molecule has 3 rings (SSSR count). The number of hydrogen-bond donors (Lipinski definition) is 1. The zero-order valence-electron chi connectivity index (χ0n) is 15.8. The van der Waals surface area contributed by atoms with E-state index < -0.39 is 0 Å². The monoisotopic (exact) mass is 357 g/mol. The molecular formula is C22H23N5. The molecule has 0 radical (unpaired) electrons. The average Bonchev–Trinajstić information content (AvgIpc) is 2.66. The minimum absolute atomic E-state index is 0.252. The highest BCUT2D eigenvalue weighted by atomic mass is 15.3. The van der Waals surface area contributed by atoms with Crippen molar-refractivity contribution in [1.29, 1.82) is 5.26 Å². The Kier molecular flexibility index (Phi) is 5.68. The van der Waals surface area contributed by atoms with Crippen LogP contribution in [0.15, 0.2) is 60.7 Å². The smallest absolute Gasteiger partial charge is 0.228 e. The van der Waals surface area contributed by atoms with Crippen molar-refractivity contribution in [3.63, 3.8) is 0 Å². The van der Waals surface area contributed by atoms with Gasteiger partial charge in [0.2, 0.25) is 5.95 Å². The molecule has 0 saturated carbocycles. The summed E-state index contributed by atoms with van der Waals surface area (Å²) in [6, 6.07) is 22.0. The molecule has 0 bridgehead atoms. The van der Waals surface area contributed by atoms with Crippen molar-refractivity contribution in [3.8, 4) is 6.07 Å². The molecule has 3 aromatic rings. The van der Waals surface area contributed by atoms with Crippen molar-refractivity contribution in [2.75, 3.05) is 10.2 Å². The zero-order chi connectivity index (χ0) is 19.2. The van der Waals surface area contributed by atoms with Gasteiger partial charge in [-0.25, -0.2) is 4.98 Å². The first-order valence-electron chi connectivity index (χ1n) is 8.98. The largest absolute Gasteiger partial charge is 0.340 e. The van der Waals surface area contributed by atoms with E-state index in [0.29, 0.717) is 17.3 Å². The molecule has 0 amide bonds. The van der Waals surface area contributed by atoms with Gasteiger partial charge in [0.1, 0.15) is 5.82 Å². The highest BCUT2D eigenvalue weighted by Crippen LogP contribution is 2.22. The Balaban J connectivity index is 1.89. The number of aromatic nitrogens is 2. The fourth-order valence-corrected chi connectivity index (χ4v) is 2.82. The van der Waals surface area contributed by atoms with Gasteiger partial charge in [-0.3, -0.25) is 0 Å². The molecule has 1 heterocycles. The van der Waals surface area contributed by atoms with Gasteiger partial charge in [-0.2, -0.15) is 10.2 Å². The summed E-state index contributed by atoms with van der Waals surface area (Å²) in [7, 11) is 0. The Labute approximate surface area is 160 Å². The van der Waals surface area contributed by atoms with E-state index in [1.807, 2.05) is 43.3 Å². The van der Waals surface area contributed by atoms with Crippen molar-refractivity contribution in [2.45, 2.75) is 33.4 Å². The van der Waals surface area contributed by atoms with Gasteiger partial charge >= 0.3 is 0 Å². The summed E-state index contributed by atoms with van der Waals surface area (Å²) in [5, 5.41) is 12.4. The van der Waals surface area contributed by atoms with Gasteiger partial charge in [0.15, 0.2) is 0 Å². The molecule has 0 atom stereocenters. The van der Waals surface area contributed by atoms with Crippen LogP contribution in [0, 0.1) is 18.3 Å².